The number of pyridine rings is 1. The molecule has 1 unspecified atom stereocenters. The largest absolute Gasteiger partial charge is 0.511 e. The molecule has 0 bridgehead atoms. The Balaban J connectivity index is 1.90. The van der Waals surface area contributed by atoms with E-state index in [1.807, 2.05) is 0 Å². The van der Waals surface area contributed by atoms with Crippen molar-refractivity contribution in [2.45, 2.75) is 38.0 Å². The van der Waals surface area contributed by atoms with Crippen molar-refractivity contribution >= 4 is 29.3 Å². The van der Waals surface area contributed by atoms with Crippen molar-refractivity contribution in [1.29, 1.82) is 0 Å². The summed E-state index contributed by atoms with van der Waals surface area (Å²) < 4.78 is 77.2. The molecule has 6 nitrogen and oxygen atoms in total. The molecule has 1 aliphatic carbocycles. The zero-order valence-electron chi connectivity index (χ0n) is 18.7. The molecule has 0 fully saturated rings. The van der Waals surface area contributed by atoms with E-state index in [2.05, 4.69) is 9.98 Å². The van der Waals surface area contributed by atoms with Gasteiger partial charge in [-0.2, -0.15) is 26.3 Å². The standard InChI is InChI=1S/C24H22F6N4O2/c25-23(26,27)13-22(9-10-35)8-7-14-11-15(1-3-17(14)21(22)36)18(31)4-6-20(32)34-16-2-5-19(33-12-16)24(28,29)30/h1-6,10-12,36H,7-9,13,31H2,(H2,32,34). The molecule has 12 heteroatoms. The van der Waals surface area contributed by atoms with Gasteiger partial charge in [-0.15, -0.1) is 0 Å². The number of rotatable bonds is 6. The van der Waals surface area contributed by atoms with Crippen LogP contribution in [0.15, 0.2) is 53.7 Å². The first-order valence-electron chi connectivity index (χ1n) is 10.6. The Morgan fingerprint density at radius 2 is 1.83 bits per heavy atom. The summed E-state index contributed by atoms with van der Waals surface area (Å²) in [4.78, 5) is 18.3. The number of halogens is 6. The minimum absolute atomic E-state index is 0.0609. The van der Waals surface area contributed by atoms with Crippen LogP contribution in [0.1, 0.15) is 30.5 Å². The number of nitrogens with zero attached hydrogens (tertiary/aromatic N) is 2. The highest BCUT2D eigenvalue weighted by Gasteiger charge is 2.46. The van der Waals surface area contributed by atoms with Gasteiger partial charge in [-0.25, -0.2) is 9.98 Å². The van der Waals surface area contributed by atoms with Gasteiger partial charge < -0.3 is 21.4 Å². The fourth-order valence-electron chi connectivity index (χ4n) is 4.05. The highest BCUT2D eigenvalue weighted by atomic mass is 19.4. The third-order valence-electron chi connectivity index (χ3n) is 5.81. The third-order valence-corrected chi connectivity index (χ3v) is 5.81. The zero-order chi connectivity index (χ0) is 26.7. The molecule has 1 atom stereocenters. The highest BCUT2D eigenvalue weighted by Crippen LogP contribution is 2.45. The number of amidine groups is 1. The van der Waals surface area contributed by atoms with Crippen molar-refractivity contribution < 1.29 is 36.2 Å². The first kappa shape index (κ1) is 26.8. The van der Waals surface area contributed by atoms with Crippen LogP contribution in [0.3, 0.4) is 0 Å². The van der Waals surface area contributed by atoms with Gasteiger partial charge in [0.25, 0.3) is 0 Å². The second kappa shape index (κ2) is 10.0. The van der Waals surface area contributed by atoms with Crippen LogP contribution in [-0.4, -0.2) is 28.4 Å². The molecule has 0 amide bonds. The lowest BCUT2D eigenvalue weighted by Crippen LogP contribution is -2.39. The maximum Gasteiger partial charge on any atom is 0.433 e. The Morgan fingerprint density at radius 1 is 1.11 bits per heavy atom. The molecule has 0 spiro atoms. The van der Waals surface area contributed by atoms with Gasteiger partial charge in [0.05, 0.1) is 18.3 Å². The second-order valence-electron chi connectivity index (χ2n) is 8.39. The number of hydrogen-bond acceptors (Lipinski definition) is 5. The molecule has 1 aromatic heterocycles. The molecule has 5 N–H and O–H groups in total. The van der Waals surface area contributed by atoms with Crippen molar-refractivity contribution in [3.63, 3.8) is 0 Å². The lowest BCUT2D eigenvalue weighted by atomic mass is 9.71. The van der Waals surface area contributed by atoms with Crippen LogP contribution in [0.5, 0.6) is 0 Å². The Hall–Kier alpha value is -3.83. The Labute approximate surface area is 201 Å². The smallest absolute Gasteiger partial charge is 0.433 e. The number of carbonyl (C=O) groups is 1. The lowest BCUT2D eigenvalue weighted by Gasteiger charge is -2.35. The van der Waals surface area contributed by atoms with Crippen LogP contribution in [0.25, 0.3) is 11.5 Å². The fraction of sp³-hybridized carbons (Fsp3) is 0.292. The van der Waals surface area contributed by atoms with Gasteiger partial charge in [0.15, 0.2) is 0 Å². The number of aldehydes is 1. The van der Waals surface area contributed by atoms with Crippen molar-refractivity contribution in [2.75, 3.05) is 0 Å². The molecular weight excluding hydrogens is 490 g/mol. The Bertz CT molecular complexity index is 1310. The quantitative estimate of drug-likeness (QED) is 0.237. The number of aliphatic hydroxyl groups is 1. The first-order valence-corrected chi connectivity index (χ1v) is 10.6. The Morgan fingerprint density at radius 3 is 2.42 bits per heavy atom. The minimum atomic E-state index is -4.57. The number of nitrogens with two attached hydrogens (primary N) is 2. The topological polar surface area (TPSA) is 115 Å². The van der Waals surface area contributed by atoms with Crippen LogP contribution in [0.4, 0.5) is 32.0 Å². The van der Waals surface area contributed by atoms with Crippen molar-refractivity contribution in [1.82, 2.24) is 4.98 Å². The zero-order valence-corrected chi connectivity index (χ0v) is 18.7. The first-order chi connectivity index (χ1) is 16.7. The van der Waals surface area contributed by atoms with E-state index < -0.39 is 42.1 Å². The van der Waals surface area contributed by atoms with Crippen molar-refractivity contribution in [2.24, 2.45) is 21.9 Å². The van der Waals surface area contributed by atoms with Gasteiger partial charge in [0.1, 0.15) is 23.6 Å². The summed E-state index contributed by atoms with van der Waals surface area (Å²) in [6.45, 7) is 0. The average Bonchev–Trinajstić information content (AvgIpc) is 2.79. The fourth-order valence-corrected chi connectivity index (χ4v) is 4.05. The van der Waals surface area contributed by atoms with E-state index in [0.717, 1.165) is 18.3 Å². The molecular formula is C24H22F6N4O2. The average molecular weight is 512 g/mol. The van der Waals surface area contributed by atoms with Crippen LogP contribution < -0.4 is 21.9 Å². The van der Waals surface area contributed by atoms with Crippen LogP contribution >= 0.6 is 0 Å². The summed E-state index contributed by atoms with van der Waals surface area (Å²) in [5.41, 5.74) is 9.98. The number of carbonyl (C=O) groups excluding carboxylic acids is 1. The van der Waals surface area contributed by atoms with Crippen LogP contribution in [-0.2, 0) is 17.4 Å². The lowest BCUT2D eigenvalue weighted by molar-refractivity contribution is -0.156. The van der Waals surface area contributed by atoms with E-state index in [1.54, 1.807) is 6.07 Å². The summed E-state index contributed by atoms with van der Waals surface area (Å²) in [5, 5.41) is 11.4. The number of aryl methyl sites for hydroxylation is 1. The van der Waals surface area contributed by atoms with Gasteiger partial charge in [0, 0.05) is 22.8 Å². The summed E-state index contributed by atoms with van der Waals surface area (Å²) in [6.07, 6.45) is -6.73. The predicted octanol–water partition coefficient (Wildman–Crippen LogP) is 3.55. The Kier molecular flexibility index (Phi) is 7.46. The molecule has 0 saturated heterocycles. The molecule has 3 rings (SSSR count). The second-order valence-corrected chi connectivity index (χ2v) is 8.39. The maximum absolute atomic E-state index is 13.1. The van der Waals surface area contributed by atoms with Crippen LogP contribution in [0.2, 0.25) is 0 Å². The van der Waals surface area contributed by atoms with Gasteiger partial charge in [-0.3, -0.25) is 0 Å². The number of benzene rings is 1. The monoisotopic (exact) mass is 512 g/mol. The minimum Gasteiger partial charge on any atom is -0.511 e. The highest BCUT2D eigenvalue weighted by molar-refractivity contribution is 5.94. The normalized spacial score (nSPS) is 19.8. The number of hydrogen-bond donors (Lipinski definition) is 3. The number of aliphatic hydroxyl groups excluding tert-OH is 1. The number of aromatic nitrogens is 1. The molecule has 0 aliphatic heterocycles. The molecule has 1 aliphatic rings. The molecule has 0 radical (unpaired) electrons. The van der Waals surface area contributed by atoms with E-state index in [9.17, 15) is 36.2 Å². The summed E-state index contributed by atoms with van der Waals surface area (Å²) in [6, 6.07) is 6.46. The van der Waals surface area contributed by atoms with Gasteiger partial charge in [-0.1, -0.05) is 12.1 Å². The van der Waals surface area contributed by atoms with Gasteiger partial charge >= 0.3 is 12.4 Å². The molecule has 192 valence electrons. The third kappa shape index (κ3) is 6.23. The predicted molar refractivity (Wildman–Crippen MR) is 121 cm³/mol. The molecule has 0 saturated carbocycles. The van der Waals surface area contributed by atoms with E-state index >= 15 is 0 Å². The van der Waals surface area contributed by atoms with Gasteiger partial charge in [0.2, 0.25) is 0 Å². The number of fused-ring (bicyclic) bond motifs is 1. The maximum atomic E-state index is 13.1. The van der Waals surface area contributed by atoms with E-state index in [1.165, 1.54) is 24.3 Å². The van der Waals surface area contributed by atoms with Crippen molar-refractivity contribution in [3.05, 3.63) is 70.4 Å². The summed E-state index contributed by atoms with van der Waals surface area (Å²) in [5.74, 6) is -0.537. The summed E-state index contributed by atoms with van der Waals surface area (Å²) >= 11 is 0. The van der Waals surface area contributed by atoms with E-state index in [4.69, 9.17) is 11.5 Å². The van der Waals surface area contributed by atoms with Gasteiger partial charge in [-0.05, 0) is 54.0 Å². The SMILES string of the molecule is NC(C=CC(N)=c1ccc2c(c1)CCC(CC=O)(CC(F)(F)F)C=2O)=Nc1ccc(C(F)(F)F)nc1. The molecule has 2 aromatic rings. The molecule has 1 heterocycles. The van der Waals surface area contributed by atoms with Crippen molar-refractivity contribution in [3.8, 4) is 0 Å². The number of alkyl halides is 6. The van der Waals surface area contributed by atoms with E-state index in [0.29, 0.717) is 17.1 Å². The summed E-state index contributed by atoms with van der Waals surface area (Å²) in [7, 11) is 0. The molecule has 36 heavy (non-hydrogen) atoms. The van der Waals surface area contributed by atoms with E-state index in [-0.39, 0.29) is 35.3 Å². The van der Waals surface area contributed by atoms with Crippen LogP contribution in [0, 0.1) is 5.41 Å². The molecule has 1 aromatic carbocycles. The number of aliphatic imine (C=N–C) groups is 1.